The summed E-state index contributed by atoms with van der Waals surface area (Å²) in [5, 5.41) is 12.3. The van der Waals surface area contributed by atoms with E-state index in [1.165, 1.54) is 6.92 Å². The maximum Gasteiger partial charge on any atom is 0.351 e. The SMILES string of the molecule is CC(=NNCCc1ccc2c(c1)OCO2)C(=O)O. The van der Waals surface area contributed by atoms with Gasteiger partial charge >= 0.3 is 5.97 Å². The van der Waals surface area contributed by atoms with E-state index in [2.05, 4.69) is 10.5 Å². The lowest BCUT2D eigenvalue weighted by Gasteiger charge is -2.03. The second-order valence-electron chi connectivity index (χ2n) is 3.85. The first-order valence-electron chi connectivity index (χ1n) is 5.56. The second-order valence-corrected chi connectivity index (χ2v) is 3.85. The van der Waals surface area contributed by atoms with Crippen LogP contribution in [0.25, 0.3) is 0 Å². The Kier molecular flexibility index (Phi) is 3.66. The Bertz CT molecular complexity index is 485. The molecular weight excluding hydrogens is 236 g/mol. The highest BCUT2D eigenvalue weighted by molar-refractivity contribution is 6.34. The van der Waals surface area contributed by atoms with Crippen molar-refractivity contribution in [2.75, 3.05) is 13.3 Å². The van der Waals surface area contributed by atoms with Crippen molar-refractivity contribution < 1.29 is 19.4 Å². The first kappa shape index (κ1) is 12.2. The lowest BCUT2D eigenvalue weighted by molar-refractivity contribution is -0.129. The van der Waals surface area contributed by atoms with Gasteiger partial charge in [-0.2, -0.15) is 5.10 Å². The number of carboxylic acid groups (broad SMARTS) is 1. The van der Waals surface area contributed by atoms with Crippen molar-refractivity contribution in [3.8, 4) is 11.5 Å². The van der Waals surface area contributed by atoms with E-state index >= 15 is 0 Å². The quantitative estimate of drug-likeness (QED) is 0.463. The fraction of sp³-hybridized carbons (Fsp3) is 0.333. The molecule has 18 heavy (non-hydrogen) atoms. The maximum absolute atomic E-state index is 10.5. The first-order valence-corrected chi connectivity index (χ1v) is 5.56. The molecule has 1 aliphatic rings. The number of fused-ring (bicyclic) bond motifs is 1. The van der Waals surface area contributed by atoms with E-state index in [1.54, 1.807) is 0 Å². The standard InChI is InChI=1S/C12H14N2O4/c1-8(12(15)16)14-13-5-4-9-2-3-10-11(6-9)18-7-17-10/h2-3,6,13H,4-5,7H2,1H3,(H,15,16). The lowest BCUT2D eigenvalue weighted by atomic mass is 10.1. The highest BCUT2D eigenvalue weighted by Gasteiger charge is 2.12. The van der Waals surface area contributed by atoms with Crippen molar-refractivity contribution in [1.82, 2.24) is 5.43 Å². The highest BCUT2D eigenvalue weighted by Crippen LogP contribution is 2.32. The Hall–Kier alpha value is -2.24. The van der Waals surface area contributed by atoms with Crippen molar-refractivity contribution in [2.24, 2.45) is 5.10 Å². The van der Waals surface area contributed by atoms with E-state index in [0.29, 0.717) is 6.54 Å². The van der Waals surface area contributed by atoms with Crippen LogP contribution in [0.1, 0.15) is 12.5 Å². The molecule has 0 saturated carbocycles. The molecule has 2 N–H and O–H groups in total. The van der Waals surface area contributed by atoms with E-state index in [1.807, 2.05) is 18.2 Å². The summed E-state index contributed by atoms with van der Waals surface area (Å²) in [7, 11) is 0. The van der Waals surface area contributed by atoms with Crippen LogP contribution in [0.5, 0.6) is 11.5 Å². The van der Waals surface area contributed by atoms with Gasteiger partial charge in [-0.3, -0.25) is 0 Å². The van der Waals surface area contributed by atoms with Crippen molar-refractivity contribution >= 4 is 11.7 Å². The van der Waals surface area contributed by atoms with Gasteiger partial charge < -0.3 is 20.0 Å². The molecule has 0 aliphatic carbocycles. The zero-order chi connectivity index (χ0) is 13.0. The minimum absolute atomic E-state index is 0.0423. The summed E-state index contributed by atoms with van der Waals surface area (Å²) in [4.78, 5) is 10.5. The van der Waals surface area contributed by atoms with Gasteiger partial charge in [-0.25, -0.2) is 4.79 Å². The van der Waals surface area contributed by atoms with Crippen LogP contribution in [0.2, 0.25) is 0 Å². The van der Waals surface area contributed by atoms with Gasteiger partial charge in [-0.05, 0) is 31.0 Å². The molecule has 1 heterocycles. The molecule has 0 radical (unpaired) electrons. The zero-order valence-corrected chi connectivity index (χ0v) is 9.97. The van der Waals surface area contributed by atoms with Crippen LogP contribution in [0, 0.1) is 0 Å². The molecule has 0 bridgehead atoms. The van der Waals surface area contributed by atoms with Gasteiger partial charge in [-0.1, -0.05) is 6.07 Å². The van der Waals surface area contributed by atoms with Crippen molar-refractivity contribution in [3.63, 3.8) is 0 Å². The van der Waals surface area contributed by atoms with E-state index < -0.39 is 5.97 Å². The fourth-order valence-corrected chi connectivity index (χ4v) is 1.52. The van der Waals surface area contributed by atoms with Crippen molar-refractivity contribution in [3.05, 3.63) is 23.8 Å². The minimum Gasteiger partial charge on any atom is -0.477 e. The first-order chi connectivity index (χ1) is 8.66. The van der Waals surface area contributed by atoms with Gasteiger partial charge in [0.05, 0.1) is 0 Å². The Balaban J connectivity index is 1.84. The molecule has 2 rings (SSSR count). The van der Waals surface area contributed by atoms with Gasteiger partial charge in [0.2, 0.25) is 6.79 Å². The molecule has 1 aromatic carbocycles. The number of nitrogens with zero attached hydrogens (tertiary/aromatic N) is 1. The highest BCUT2D eigenvalue weighted by atomic mass is 16.7. The van der Waals surface area contributed by atoms with Crippen LogP contribution in [0.4, 0.5) is 0 Å². The number of rotatable bonds is 5. The monoisotopic (exact) mass is 250 g/mol. The third-order valence-electron chi connectivity index (χ3n) is 2.52. The molecule has 1 aromatic rings. The Labute approximate surface area is 104 Å². The second kappa shape index (κ2) is 5.39. The summed E-state index contributed by atoms with van der Waals surface area (Å²) >= 11 is 0. The number of hydrogen-bond acceptors (Lipinski definition) is 5. The van der Waals surface area contributed by atoms with Crippen LogP contribution in [-0.4, -0.2) is 30.1 Å². The smallest absolute Gasteiger partial charge is 0.351 e. The number of carboxylic acids is 1. The molecule has 0 saturated heterocycles. The number of benzene rings is 1. The predicted molar refractivity (Wildman–Crippen MR) is 65.0 cm³/mol. The van der Waals surface area contributed by atoms with E-state index in [9.17, 15) is 4.79 Å². The Morgan fingerprint density at radius 2 is 2.22 bits per heavy atom. The lowest BCUT2D eigenvalue weighted by Crippen LogP contribution is -2.17. The average molecular weight is 250 g/mol. The van der Waals surface area contributed by atoms with E-state index in [-0.39, 0.29) is 12.5 Å². The maximum atomic E-state index is 10.5. The van der Waals surface area contributed by atoms with Gasteiger partial charge in [0.25, 0.3) is 0 Å². The van der Waals surface area contributed by atoms with Gasteiger partial charge in [0.15, 0.2) is 11.5 Å². The number of aliphatic carboxylic acids is 1. The molecule has 0 unspecified atom stereocenters. The molecule has 1 aliphatic heterocycles. The number of carbonyl (C=O) groups is 1. The largest absolute Gasteiger partial charge is 0.477 e. The number of hydrogen-bond donors (Lipinski definition) is 2. The zero-order valence-electron chi connectivity index (χ0n) is 9.97. The summed E-state index contributed by atoms with van der Waals surface area (Å²) in [6.45, 7) is 2.26. The number of nitrogens with one attached hydrogen (secondary N) is 1. The van der Waals surface area contributed by atoms with Gasteiger partial charge in [-0.15, -0.1) is 0 Å². The minimum atomic E-state index is -1.02. The van der Waals surface area contributed by atoms with Crippen molar-refractivity contribution in [2.45, 2.75) is 13.3 Å². The Morgan fingerprint density at radius 3 is 3.00 bits per heavy atom. The van der Waals surface area contributed by atoms with Gasteiger partial charge in [0.1, 0.15) is 5.71 Å². The van der Waals surface area contributed by atoms with E-state index in [0.717, 1.165) is 23.5 Å². The molecule has 0 amide bonds. The third kappa shape index (κ3) is 2.91. The van der Waals surface area contributed by atoms with Crippen LogP contribution in [0.3, 0.4) is 0 Å². The molecular formula is C12H14N2O4. The Morgan fingerprint density at radius 1 is 1.44 bits per heavy atom. The summed E-state index contributed by atoms with van der Waals surface area (Å²) in [6, 6.07) is 5.73. The van der Waals surface area contributed by atoms with Crippen LogP contribution >= 0.6 is 0 Å². The third-order valence-corrected chi connectivity index (χ3v) is 2.52. The summed E-state index contributed by atoms with van der Waals surface area (Å²) < 4.78 is 10.5. The molecule has 0 fully saturated rings. The predicted octanol–water partition coefficient (Wildman–Crippen LogP) is 1.01. The fourth-order valence-electron chi connectivity index (χ4n) is 1.52. The van der Waals surface area contributed by atoms with Crippen LogP contribution < -0.4 is 14.9 Å². The normalized spacial score (nSPS) is 13.5. The topological polar surface area (TPSA) is 80.2 Å². The summed E-state index contributed by atoms with van der Waals surface area (Å²) in [6.07, 6.45) is 0.729. The molecule has 96 valence electrons. The molecule has 0 aromatic heterocycles. The van der Waals surface area contributed by atoms with Gasteiger partial charge in [0, 0.05) is 6.54 Å². The molecule has 0 spiro atoms. The van der Waals surface area contributed by atoms with Crippen LogP contribution in [0.15, 0.2) is 23.3 Å². The molecule has 6 nitrogen and oxygen atoms in total. The average Bonchev–Trinajstić information content (AvgIpc) is 2.81. The summed E-state index contributed by atoms with van der Waals surface area (Å²) in [5.74, 6) is 0.481. The van der Waals surface area contributed by atoms with Crippen LogP contribution in [-0.2, 0) is 11.2 Å². The van der Waals surface area contributed by atoms with E-state index in [4.69, 9.17) is 14.6 Å². The van der Waals surface area contributed by atoms with Crippen molar-refractivity contribution in [1.29, 1.82) is 0 Å². The molecule has 0 atom stereocenters. The summed E-state index contributed by atoms with van der Waals surface area (Å²) in [5.41, 5.74) is 3.84. The number of ether oxygens (including phenoxy) is 2. The molecule has 6 heteroatoms. The number of hydrazone groups is 1.